The molecule has 0 unspecified atom stereocenters. The van der Waals surface area contributed by atoms with Crippen molar-refractivity contribution >= 4 is 40.7 Å². The Morgan fingerprint density at radius 3 is 2.70 bits per heavy atom. The van der Waals surface area contributed by atoms with Crippen LogP contribution < -0.4 is 0 Å². The first kappa shape index (κ1) is 20.5. The summed E-state index contributed by atoms with van der Waals surface area (Å²) in [5.41, 5.74) is 2.99. The zero-order valence-corrected chi connectivity index (χ0v) is 18.4. The van der Waals surface area contributed by atoms with E-state index in [0.29, 0.717) is 22.2 Å². The molecule has 0 saturated heterocycles. The standard InChI is InChI=1S/C21H16Cl2N4O2S/c1-3-29-21(28)17-16(23)18(27(25-17)15-10-5-4-9-14(15)22)19-24-20(30-26-19)13-8-6-7-12(2)11-13/h4-11H,3H2,1-2H3. The summed E-state index contributed by atoms with van der Waals surface area (Å²) < 4.78 is 11.1. The molecule has 4 rings (SSSR count). The molecule has 2 aromatic heterocycles. The molecule has 4 aromatic rings. The highest BCUT2D eigenvalue weighted by Crippen LogP contribution is 2.36. The van der Waals surface area contributed by atoms with E-state index in [1.165, 1.54) is 16.2 Å². The second-order valence-electron chi connectivity index (χ2n) is 6.39. The van der Waals surface area contributed by atoms with Crippen molar-refractivity contribution in [3.63, 3.8) is 0 Å². The molecule has 0 fully saturated rings. The van der Waals surface area contributed by atoms with E-state index in [0.717, 1.165) is 16.1 Å². The van der Waals surface area contributed by atoms with Crippen molar-refractivity contribution in [2.45, 2.75) is 13.8 Å². The predicted octanol–water partition coefficient (Wildman–Crippen LogP) is 5.85. The van der Waals surface area contributed by atoms with Crippen LogP contribution in [0.5, 0.6) is 0 Å². The van der Waals surface area contributed by atoms with Crippen molar-refractivity contribution in [2.24, 2.45) is 0 Å². The average molecular weight is 459 g/mol. The number of halogens is 2. The molecular weight excluding hydrogens is 443 g/mol. The predicted molar refractivity (Wildman–Crippen MR) is 119 cm³/mol. The third kappa shape index (κ3) is 3.84. The highest BCUT2D eigenvalue weighted by molar-refractivity contribution is 7.09. The fourth-order valence-corrected chi connectivity index (χ4v) is 4.09. The quantitative estimate of drug-likeness (QED) is 0.350. The van der Waals surface area contributed by atoms with Gasteiger partial charge in [-0.15, -0.1) is 0 Å². The highest BCUT2D eigenvalue weighted by atomic mass is 35.5. The molecular formula is C21H16Cl2N4O2S. The van der Waals surface area contributed by atoms with Gasteiger partial charge in [0.25, 0.3) is 0 Å². The molecule has 0 aliphatic heterocycles. The second-order valence-corrected chi connectivity index (χ2v) is 7.92. The molecule has 0 amide bonds. The van der Waals surface area contributed by atoms with Gasteiger partial charge in [0.05, 0.1) is 17.3 Å². The zero-order valence-electron chi connectivity index (χ0n) is 16.1. The normalized spacial score (nSPS) is 10.9. The topological polar surface area (TPSA) is 69.9 Å². The van der Waals surface area contributed by atoms with Crippen LogP contribution >= 0.6 is 34.7 Å². The van der Waals surface area contributed by atoms with Gasteiger partial charge >= 0.3 is 5.97 Å². The number of hydrogen-bond donors (Lipinski definition) is 0. The summed E-state index contributed by atoms with van der Waals surface area (Å²) >= 11 is 14.2. The number of benzene rings is 2. The first-order valence-electron chi connectivity index (χ1n) is 9.11. The van der Waals surface area contributed by atoms with Crippen molar-refractivity contribution in [3.05, 3.63) is 69.8 Å². The Labute approximate surface area is 187 Å². The van der Waals surface area contributed by atoms with E-state index in [1.807, 2.05) is 37.3 Å². The van der Waals surface area contributed by atoms with E-state index < -0.39 is 5.97 Å². The minimum Gasteiger partial charge on any atom is -0.461 e. The largest absolute Gasteiger partial charge is 0.461 e. The molecule has 9 heteroatoms. The number of aromatic nitrogens is 4. The lowest BCUT2D eigenvalue weighted by Gasteiger charge is -2.07. The van der Waals surface area contributed by atoms with Gasteiger partial charge in [0.2, 0.25) is 0 Å². The maximum Gasteiger partial charge on any atom is 0.360 e. The van der Waals surface area contributed by atoms with E-state index in [1.54, 1.807) is 25.1 Å². The average Bonchev–Trinajstić information content (AvgIpc) is 3.33. The van der Waals surface area contributed by atoms with Gasteiger partial charge in [-0.05, 0) is 43.6 Å². The number of rotatable bonds is 5. The van der Waals surface area contributed by atoms with Gasteiger partial charge in [-0.25, -0.2) is 14.5 Å². The van der Waals surface area contributed by atoms with Crippen LogP contribution in [0.2, 0.25) is 10.0 Å². The lowest BCUT2D eigenvalue weighted by molar-refractivity contribution is 0.0519. The number of hydrogen-bond acceptors (Lipinski definition) is 6. The molecule has 30 heavy (non-hydrogen) atoms. The van der Waals surface area contributed by atoms with Crippen molar-refractivity contribution in [1.29, 1.82) is 0 Å². The number of carbonyl (C=O) groups is 1. The Hall–Kier alpha value is -2.74. The molecule has 6 nitrogen and oxygen atoms in total. The highest BCUT2D eigenvalue weighted by Gasteiger charge is 2.28. The molecule has 2 heterocycles. The van der Waals surface area contributed by atoms with E-state index in [-0.39, 0.29) is 17.3 Å². The summed E-state index contributed by atoms with van der Waals surface area (Å²) in [5.74, 6) is -0.270. The zero-order chi connectivity index (χ0) is 21.3. The molecule has 2 aromatic carbocycles. The van der Waals surface area contributed by atoms with E-state index in [4.69, 9.17) is 27.9 Å². The summed E-state index contributed by atoms with van der Waals surface area (Å²) in [6.07, 6.45) is 0. The SMILES string of the molecule is CCOC(=O)c1nn(-c2ccccc2Cl)c(-c2nsc(-c3cccc(C)c3)n2)c1Cl. The molecule has 0 spiro atoms. The molecule has 0 bridgehead atoms. The van der Waals surface area contributed by atoms with E-state index in [2.05, 4.69) is 14.5 Å². The number of ether oxygens (including phenoxy) is 1. The van der Waals surface area contributed by atoms with Crippen LogP contribution in [-0.4, -0.2) is 31.7 Å². The first-order chi connectivity index (χ1) is 14.5. The number of para-hydroxylation sites is 1. The van der Waals surface area contributed by atoms with Crippen molar-refractivity contribution < 1.29 is 9.53 Å². The molecule has 0 aliphatic carbocycles. The minimum atomic E-state index is -0.622. The van der Waals surface area contributed by atoms with Gasteiger partial charge in [0.1, 0.15) is 15.7 Å². The first-order valence-corrected chi connectivity index (χ1v) is 10.6. The van der Waals surface area contributed by atoms with Crippen LogP contribution in [0.25, 0.3) is 27.8 Å². The van der Waals surface area contributed by atoms with Crippen LogP contribution in [0, 0.1) is 6.92 Å². The van der Waals surface area contributed by atoms with Crippen molar-refractivity contribution in [1.82, 2.24) is 19.1 Å². The summed E-state index contributed by atoms with van der Waals surface area (Å²) in [6.45, 7) is 3.93. The molecule has 0 radical (unpaired) electrons. The summed E-state index contributed by atoms with van der Waals surface area (Å²) in [7, 11) is 0. The summed E-state index contributed by atoms with van der Waals surface area (Å²) in [6, 6.07) is 15.1. The van der Waals surface area contributed by atoms with Crippen LogP contribution in [0.3, 0.4) is 0 Å². The smallest absolute Gasteiger partial charge is 0.360 e. The van der Waals surface area contributed by atoms with Gasteiger partial charge in [-0.2, -0.15) is 9.47 Å². The van der Waals surface area contributed by atoms with Gasteiger partial charge in [-0.3, -0.25) is 0 Å². The van der Waals surface area contributed by atoms with Crippen LogP contribution in [0.15, 0.2) is 48.5 Å². The summed E-state index contributed by atoms with van der Waals surface area (Å²) in [5, 5.41) is 5.67. The van der Waals surface area contributed by atoms with Crippen LogP contribution in [0.1, 0.15) is 23.0 Å². The van der Waals surface area contributed by atoms with Gasteiger partial charge in [0.15, 0.2) is 11.5 Å². The Morgan fingerprint density at radius 2 is 1.97 bits per heavy atom. The summed E-state index contributed by atoms with van der Waals surface area (Å²) in [4.78, 5) is 17.0. The van der Waals surface area contributed by atoms with Gasteiger partial charge in [0, 0.05) is 5.56 Å². The minimum absolute atomic E-state index is 0.0136. The number of nitrogens with zero attached hydrogens (tertiary/aromatic N) is 4. The Kier molecular flexibility index (Phi) is 5.85. The lowest BCUT2D eigenvalue weighted by atomic mass is 10.1. The third-order valence-electron chi connectivity index (χ3n) is 4.28. The Balaban J connectivity index is 1.89. The maximum absolute atomic E-state index is 12.4. The molecule has 0 aliphatic rings. The van der Waals surface area contributed by atoms with E-state index in [9.17, 15) is 4.79 Å². The fraction of sp³-hybridized carbons (Fsp3) is 0.143. The molecule has 0 atom stereocenters. The van der Waals surface area contributed by atoms with Crippen molar-refractivity contribution in [3.8, 4) is 27.8 Å². The Bertz CT molecular complexity index is 1240. The monoisotopic (exact) mass is 458 g/mol. The van der Waals surface area contributed by atoms with Gasteiger partial charge in [-0.1, -0.05) is 59.1 Å². The number of aryl methyl sites for hydroxylation is 1. The maximum atomic E-state index is 12.4. The third-order valence-corrected chi connectivity index (χ3v) is 5.72. The molecule has 152 valence electrons. The molecule has 0 N–H and O–H groups in total. The van der Waals surface area contributed by atoms with Crippen molar-refractivity contribution in [2.75, 3.05) is 6.61 Å². The number of carbonyl (C=O) groups excluding carboxylic acids is 1. The fourth-order valence-electron chi connectivity index (χ4n) is 2.93. The van der Waals surface area contributed by atoms with E-state index >= 15 is 0 Å². The lowest BCUT2D eigenvalue weighted by Crippen LogP contribution is -2.07. The van der Waals surface area contributed by atoms with Gasteiger partial charge < -0.3 is 4.74 Å². The second kappa shape index (κ2) is 8.55. The van der Waals surface area contributed by atoms with Crippen LogP contribution in [-0.2, 0) is 4.74 Å². The van der Waals surface area contributed by atoms with Crippen LogP contribution in [0.4, 0.5) is 0 Å². The number of esters is 1. The molecule has 0 saturated carbocycles. The Morgan fingerprint density at radius 1 is 1.17 bits per heavy atom.